The van der Waals surface area contributed by atoms with E-state index in [0.29, 0.717) is 36.4 Å². The number of carbonyl (C=O) groups is 2. The molecule has 1 aromatic rings. The van der Waals surface area contributed by atoms with Crippen LogP contribution in [0.15, 0.2) is 18.2 Å². The lowest BCUT2D eigenvalue weighted by Gasteiger charge is -2.25. The molecule has 1 aromatic carbocycles. The highest BCUT2D eigenvalue weighted by Crippen LogP contribution is 2.22. The van der Waals surface area contributed by atoms with E-state index in [4.69, 9.17) is 11.6 Å². The van der Waals surface area contributed by atoms with Crippen LogP contribution in [0.5, 0.6) is 0 Å². The number of hydrogen-bond donors (Lipinski definition) is 3. The summed E-state index contributed by atoms with van der Waals surface area (Å²) in [5.74, 6) is -1.40. The highest BCUT2D eigenvalue weighted by atomic mass is 35.5. The van der Waals surface area contributed by atoms with Crippen LogP contribution in [0.4, 0.5) is 5.69 Å². The maximum atomic E-state index is 11.9. The van der Waals surface area contributed by atoms with Crippen molar-refractivity contribution >= 4 is 29.1 Å². The number of aliphatic hydroxyl groups excluding tert-OH is 1. The van der Waals surface area contributed by atoms with Crippen LogP contribution in [-0.4, -0.2) is 29.1 Å². The third kappa shape index (κ3) is 4.44. The zero-order valence-electron chi connectivity index (χ0n) is 11.9. The Labute approximate surface area is 128 Å². The highest BCUT2D eigenvalue weighted by molar-refractivity contribution is 6.41. The molecule has 3 N–H and O–H groups in total. The van der Waals surface area contributed by atoms with Crippen molar-refractivity contribution in [1.82, 2.24) is 5.32 Å². The fourth-order valence-corrected chi connectivity index (χ4v) is 2.55. The minimum Gasteiger partial charge on any atom is -0.393 e. The van der Waals surface area contributed by atoms with Gasteiger partial charge in [0, 0.05) is 6.04 Å². The summed E-state index contributed by atoms with van der Waals surface area (Å²) in [6.07, 6.45) is 2.38. The Morgan fingerprint density at radius 3 is 2.52 bits per heavy atom. The van der Waals surface area contributed by atoms with Crippen molar-refractivity contribution in [2.75, 3.05) is 5.32 Å². The Balaban J connectivity index is 1.90. The van der Waals surface area contributed by atoms with E-state index in [-0.39, 0.29) is 12.1 Å². The molecule has 1 aliphatic rings. The smallest absolute Gasteiger partial charge is 0.313 e. The molecule has 114 valence electrons. The van der Waals surface area contributed by atoms with E-state index < -0.39 is 11.8 Å². The maximum absolute atomic E-state index is 11.9. The van der Waals surface area contributed by atoms with Gasteiger partial charge in [0.25, 0.3) is 0 Å². The number of halogens is 1. The van der Waals surface area contributed by atoms with E-state index in [1.165, 1.54) is 0 Å². The van der Waals surface area contributed by atoms with Gasteiger partial charge < -0.3 is 15.7 Å². The second-order valence-corrected chi connectivity index (χ2v) is 5.82. The van der Waals surface area contributed by atoms with Crippen molar-refractivity contribution in [2.45, 2.75) is 44.8 Å². The summed E-state index contributed by atoms with van der Waals surface area (Å²) in [5.41, 5.74) is 1.37. The summed E-state index contributed by atoms with van der Waals surface area (Å²) in [4.78, 5) is 23.7. The topological polar surface area (TPSA) is 78.4 Å². The Hall–Kier alpha value is -1.59. The molecule has 0 bridgehead atoms. The third-order valence-electron chi connectivity index (χ3n) is 3.61. The SMILES string of the molecule is Cc1ccc(Cl)c(NC(=O)C(=O)NC2CCC(O)CC2)c1. The lowest BCUT2D eigenvalue weighted by molar-refractivity contribution is -0.136. The molecule has 0 atom stereocenters. The molecule has 1 aliphatic carbocycles. The monoisotopic (exact) mass is 310 g/mol. The molecule has 2 amide bonds. The van der Waals surface area contributed by atoms with Gasteiger partial charge in [0.15, 0.2) is 0 Å². The van der Waals surface area contributed by atoms with Crippen molar-refractivity contribution < 1.29 is 14.7 Å². The summed E-state index contributed by atoms with van der Waals surface area (Å²) in [6.45, 7) is 1.87. The van der Waals surface area contributed by atoms with Gasteiger partial charge >= 0.3 is 11.8 Å². The number of hydrogen-bond acceptors (Lipinski definition) is 3. The first-order valence-electron chi connectivity index (χ1n) is 7.02. The maximum Gasteiger partial charge on any atom is 0.313 e. The average molecular weight is 311 g/mol. The number of rotatable bonds is 2. The Morgan fingerprint density at radius 2 is 1.86 bits per heavy atom. The van der Waals surface area contributed by atoms with Gasteiger partial charge in [-0.25, -0.2) is 0 Å². The van der Waals surface area contributed by atoms with Crippen LogP contribution in [0, 0.1) is 6.92 Å². The first kappa shape index (κ1) is 15.8. The molecule has 0 aromatic heterocycles. The fraction of sp³-hybridized carbons (Fsp3) is 0.467. The first-order valence-corrected chi connectivity index (χ1v) is 7.39. The average Bonchev–Trinajstić information content (AvgIpc) is 2.45. The molecule has 0 heterocycles. The third-order valence-corrected chi connectivity index (χ3v) is 3.94. The molecule has 0 unspecified atom stereocenters. The summed E-state index contributed by atoms with van der Waals surface area (Å²) in [7, 11) is 0. The molecule has 0 aliphatic heterocycles. The van der Waals surface area contributed by atoms with E-state index in [1.54, 1.807) is 12.1 Å². The zero-order valence-corrected chi connectivity index (χ0v) is 12.6. The second kappa shape index (κ2) is 6.91. The van der Waals surface area contributed by atoms with Crippen LogP contribution in [0.2, 0.25) is 5.02 Å². The number of anilines is 1. The van der Waals surface area contributed by atoms with Gasteiger partial charge in [0.05, 0.1) is 16.8 Å². The van der Waals surface area contributed by atoms with Crippen molar-refractivity contribution in [2.24, 2.45) is 0 Å². The molecule has 0 saturated heterocycles. The van der Waals surface area contributed by atoms with Crippen LogP contribution in [-0.2, 0) is 9.59 Å². The molecule has 6 heteroatoms. The van der Waals surface area contributed by atoms with Crippen LogP contribution in [0.25, 0.3) is 0 Å². The van der Waals surface area contributed by atoms with Gasteiger partial charge in [0.1, 0.15) is 0 Å². The summed E-state index contributed by atoms with van der Waals surface area (Å²) >= 11 is 5.98. The molecular formula is C15H19ClN2O3. The van der Waals surface area contributed by atoms with Crippen molar-refractivity contribution in [3.63, 3.8) is 0 Å². The molecule has 5 nitrogen and oxygen atoms in total. The van der Waals surface area contributed by atoms with Gasteiger partial charge in [0.2, 0.25) is 0 Å². The molecule has 2 rings (SSSR count). The number of aryl methyl sites for hydroxylation is 1. The van der Waals surface area contributed by atoms with Crippen molar-refractivity contribution in [3.05, 3.63) is 28.8 Å². The van der Waals surface area contributed by atoms with E-state index in [2.05, 4.69) is 10.6 Å². The number of amides is 2. The molecular weight excluding hydrogens is 292 g/mol. The predicted octanol–water partition coefficient (Wildman–Crippen LogP) is 2.01. The molecule has 0 spiro atoms. The Kier molecular flexibility index (Phi) is 5.20. The summed E-state index contributed by atoms with van der Waals surface area (Å²) in [6, 6.07) is 5.16. The molecule has 0 radical (unpaired) electrons. The zero-order chi connectivity index (χ0) is 15.4. The Morgan fingerprint density at radius 1 is 1.19 bits per heavy atom. The van der Waals surface area contributed by atoms with Crippen LogP contribution < -0.4 is 10.6 Å². The van der Waals surface area contributed by atoms with Crippen molar-refractivity contribution in [1.29, 1.82) is 0 Å². The van der Waals surface area contributed by atoms with Crippen LogP contribution >= 0.6 is 11.6 Å². The van der Waals surface area contributed by atoms with Gasteiger partial charge in [-0.2, -0.15) is 0 Å². The van der Waals surface area contributed by atoms with Gasteiger partial charge in [-0.05, 0) is 50.3 Å². The standard InChI is InChI=1S/C15H19ClN2O3/c1-9-2-7-12(16)13(8-9)18-15(21)14(20)17-10-3-5-11(19)6-4-10/h2,7-8,10-11,19H,3-6H2,1H3,(H,17,20)(H,18,21). The second-order valence-electron chi connectivity index (χ2n) is 5.42. The number of benzene rings is 1. The van der Waals surface area contributed by atoms with Gasteiger partial charge in [-0.3, -0.25) is 9.59 Å². The van der Waals surface area contributed by atoms with Crippen LogP contribution in [0.3, 0.4) is 0 Å². The predicted molar refractivity (Wildman–Crippen MR) is 81.2 cm³/mol. The summed E-state index contributed by atoms with van der Waals surface area (Å²) < 4.78 is 0. The highest BCUT2D eigenvalue weighted by Gasteiger charge is 2.23. The molecule has 1 saturated carbocycles. The quantitative estimate of drug-likeness (QED) is 0.731. The molecule has 21 heavy (non-hydrogen) atoms. The molecule has 1 fully saturated rings. The lowest BCUT2D eigenvalue weighted by Crippen LogP contribution is -2.43. The van der Waals surface area contributed by atoms with E-state index in [9.17, 15) is 14.7 Å². The minimum absolute atomic E-state index is 0.0559. The minimum atomic E-state index is -0.728. The number of carbonyl (C=O) groups excluding carboxylic acids is 2. The van der Waals surface area contributed by atoms with Gasteiger partial charge in [-0.15, -0.1) is 0 Å². The number of aliphatic hydroxyl groups is 1. The van der Waals surface area contributed by atoms with Crippen LogP contribution in [0.1, 0.15) is 31.2 Å². The normalized spacial score (nSPS) is 21.7. The van der Waals surface area contributed by atoms with Gasteiger partial charge in [-0.1, -0.05) is 17.7 Å². The summed E-state index contributed by atoms with van der Waals surface area (Å²) in [5, 5.41) is 15.0. The number of nitrogens with one attached hydrogen (secondary N) is 2. The van der Waals surface area contributed by atoms with Crippen molar-refractivity contribution in [3.8, 4) is 0 Å². The van der Waals surface area contributed by atoms with E-state index in [0.717, 1.165) is 5.56 Å². The lowest BCUT2D eigenvalue weighted by atomic mass is 9.93. The first-order chi connectivity index (χ1) is 9.95. The van der Waals surface area contributed by atoms with E-state index >= 15 is 0 Å². The largest absolute Gasteiger partial charge is 0.393 e. The van der Waals surface area contributed by atoms with E-state index in [1.807, 2.05) is 13.0 Å². The Bertz CT molecular complexity index is 540. The fourth-order valence-electron chi connectivity index (χ4n) is 2.39.